The molecule has 0 spiro atoms. The molecule has 1 aromatic heterocycles. The number of hydrogen-bond acceptors (Lipinski definition) is 2. The summed E-state index contributed by atoms with van der Waals surface area (Å²) in [6.45, 7) is 6.27. The molecule has 2 nitrogen and oxygen atoms in total. The van der Waals surface area contributed by atoms with Gasteiger partial charge in [-0.1, -0.05) is 19.9 Å². The van der Waals surface area contributed by atoms with Crippen LogP contribution in [-0.2, 0) is 0 Å². The predicted octanol–water partition coefficient (Wildman–Crippen LogP) is 2.86. The molecule has 0 saturated heterocycles. The smallest absolute Gasteiger partial charge is 0.0960 e. The van der Waals surface area contributed by atoms with Crippen LogP contribution in [-0.4, -0.2) is 10.1 Å². The molecule has 0 amide bonds. The molecule has 1 aromatic rings. The number of aryl methyl sites for hydroxylation is 1. The Bertz CT molecular complexity index is 283. The van der Waals surface area contributed by atoms with E-state index in [9.17, 15) is 5.11 Å². The summed E-state index contributed by atoms with van der Waals surface area (Å²) >= 11 is 0. The van der Waals surface area contributed by atoms with E-state index in [-0.39, 0.29) is 0 Å². The van der Waals surface area contributed by atoms with Crippen LogP contribution < -0.4 is 0 Å². The third kappa shape index (κ3) is 3.46. The minimum Gasteiger partial charge on any atom is -0.387 e. The fraction of sp³-hybridized carbons (Fsp3) is 0.583. The molecule has 0 aliphatic rings. The maximum atomic E-state index is 9.83. The number of aliphatic hydroxyl groups is 1. The van der Waals surface area contributed by atoms with Crippen molar-refractivity contribution < 1.29 is 5.11 Å². The maximum absolute atomic E-state index is 9.83. The number of nitrogens with zero attached hydrogens (tertiary/aromatic N) is 1. The first-order valence-corrected chi connectivity index (χ1v) is 5.21. The first kappa shape index (κ1) is 11.2. The Morgan fingerprint density at radius 1 is 1.29 bits per heavy atom. The van der Waals surface area contributed by atoms with Crippen LogP contribution in [0.25, 0.3) is 0 Å². The van der Waals surface area contributed by atoms with Crippen molar-refractivity contribution in [1.82, 2.24) is 4.98 Å². The summed E-state index contributed by atoms with van der Waals surface area (Å²) < 4.78 is 0. The first-order chi connectivity index (χ1) is 6.59. The van der Waals surface area contributed by atoms with Gasteiger partial charge < -0.3 is 5.11 Å². The van der Waals surface area contributed by atoms with Gasteiger partial charge in [0, 0.05) is 5.69 Å². The average Bonchev–Trinajstić information content (AvgIpc) is 2.14. The van der Waals surface area contributed by atoms with Crippen LogP contribution in [0.4, 0.5) is 0 Å². The zero-order chi connectivity index (χ0) is 10.6. The van der Waals surface area contributed by atoms with Crippen molar-refractivity contribution in [3.8, 4) is 0 Å². The van der Waals surface area contributed by atoms with Gasteiger partial charge >= 0.3 is 0 Å². The monoisotopic (exact) mass is 193 g/mol. The van der Waals surface area contributed by atoms with Crippen molar-refractivity contribution in [2.45, 2.75) is 39.7 Å². The van der Waals surface area contributed by atoms with Gasteiger partial charge in [-0.2, -0.15) is 0 Å². The zero-order valence-corrected chi connectivity index (χ0v) is 9.20. The van der Waals surface area contributed by atoms with Gasteiger partial charge in [0.2, 0.25) is 0 Å². The van der Waals surface area contributed by atoms with Gasteiger partial charge in [0.05, 0.1) is 11.8 Å². The molecule has 1 atom stereocenters. The molecular formula is C12H19NO. The molecule has 14 heavy (non-hydrogen) atoms. The summed E-state index contributed by atoms with van der Waals surface area (Å²) in [5.41, 5.74) is 1.76. The van der Waals surface area contributed by atoms with Crippen LogP contribution in [0.2, 0.25) is 0 Å². The lowest BCUT2D eigenvalue weighted by Gasteiger charge is -2.11. The van der Waals surface area contributed by atoms with Gasteiger partial charge in [-0.3, -0.25) is 4.98 Å². The second-order valence-corrected chi connectivity index (χ2v) is 4.19. The third-order valence-corrected chi connectivity index (χ3v) is 2.27. The topological polar surface area (TPSA) is 33.1 Å². The molecule has 1 rings (SSSR count). The molecule has 0 bridgehead atoms. The summed E-state index contributed by atoms with van der Waals surface area (Å²) in [6, 6.07) is 5.77. The molecule has 1 heterocycles. The number of aliphatic hydroxyl groups excluding tert-OH is 1. The van der Waals surface area contributed by atoms with Crippen molar-refractivity contribution in [1.29, 1.82) is 0 Å². The van der Waals surface area contributed by atoms with Crippen LogP contribution in [0.3, 0.4) is 0 Å². The largest absolute Gasteiger partial charge is 0.387 e. The Morgan fingerprint density at radius 2 is 2.00 bits per heavy atom. The molecule has 0 fully saturated rings. The Morgan fingerprint density at radius 3 is 2.57 bits per heavy atom. The van der Waals surface area contributed by atoms with Gasteiger partial charge in [-0.15, -0.1) is 0 Å². The minimum absolute atomic E-state index is 0.405. The SMILES string of the molecule is Cc1cccc(C(O)CCC(C)C)n1. The second kappa shape index (κ2) is 5.11. The molecule has 2 heteroatoms. The summed E-state index contributed by atoms with van der Waals surface area (Å²) in [6.07, 6.45) is 1.43. The molecule has 0 aliphatic carbocycles. The fourth-order valence-corrected chi connectivity index (χ4v) is 1.39. The van der Waals surface area contributed by atoms with Gasteiger partial charge in [0.15, 0.2) is 0 Å². The molecule has 78 valence electrons. The predicted molar refractivity (Wildman–Crippen MR) is 58.0 cm³/mol. The zero-order valence-electron chi connectivity index (χ0n) is 9.20. The first-order valence-electron chi connectivity index (χ1n) is 5.21. The highest BCUT2D eigenvalue weighted by atomic mass is 16.3. The number of pyridine rings is 1. The lowest BCUT2D eigenvalue weighted by molar-refractivity contribution is 0.154. The van der Waals surface area contributed by atoms with E-state index in [1.165, 1.54) is 0 Å². The molecule has 0 saturated carbocycles. The second-order valence-electron chi connectivity index (χ2n) is 4.19. The highest BCUT2D eigenvalue weighted by Crippen LogP contribution is 2.18. The molecule has 0 aromatic carbocycles. The van der Waals surface area contributed by atoms with Gasteiger partial charge in [0.1, 0.15) is 0 Å². The molecule has 1 N–H and O–H groups in total. The van der Waals surface area contributed by atoms with Gasteiger partial charge in [-0.25, -0.2) is 0 Å². The Labute approximate surface area is 86.0 Å². The van der Waals surface area contributed by atoms with E-state index in [1.807, 2.05) is 25.1 Å². The van der Waals surface area contributed by atoms with Crippen molar-refractivity contribution in [3.63, 3.8) is 0 Å². The Hall–Kier alpha value is -0.890. The van der Waals surface area contributed by atoms with Crippen molar-refractivity contribution in [2.24, 2.45) is 5.92 Å². The van der Waals surface area contributed by atoms with E-state index in [0.717, 1.165) is 24.2 Å². The van der Waals surface area contributed by atoms with Gasteiger partial charge in [-0.05, 0) is 37.8 Å². The van der Waals surface area contributed by atoms with Crippen molar-refractivity contribution in [3.05, 3.63) is 29.6 Å². The van der Waals surface area contributed by atoms with Crippen LogP contribution >= 0.6 is 0 Å². The average molecular weight is 193 g/mol. The summed E-state index contributed by atoms with van der Waals surface area (Å²) in [5, 5.41) is 9.83. The number of rotatable bonds is 4. The fourth-order valence-electron chi connectivity index (χ4n) is 1.39. The number of hydrogen-bond donors (Lipinski definition) is 1. The van der Waals surface area contributed by atoms with E-state index >= 15 is 0 Å². The summed E-state index contributed by atoms with van der Waals surface area (Å²) in [7, 11) is 0. The van der Waals surface area contributed by atoms with E-state index < -0.39 is 6.10 Å². The summed E-state index contributed by atoms with van der Waals surface area (Å²) in [4.78, 5) is 4.30. The number of aromatic nitrogens is 1. The minimum atomic E-state index is -0.405. The van der Waals surface area contributed by atoms with Crippen LogP contribution in [0, 0.1) is 12.8 Å². The highest BCUT2D eigenvalue weighted by molar-refractivity contribution is 5.11. The Balaban J connectivity index is 2.56. The lowest BCUT2D eigenvalue weighted by Crippen LogP contribution is -2.02. The maximum Gasteiger partial charge on any atom is 0.0960 e. The third-order valence-electron chi connectivity index (χ3n) is 2.27. The van der Waals surface area contributed by atoms with Crippen LogP contribution in [0.1, 0.15) is 44.2 Å². The highest BCUT2D eigenvalue weighted by Gasteiger charge is 2.09. The molecule has 1 unspecified atom stereocenters. The lowest BCUT2D eigenvalue weighted by atomic mass is 10.0. The van der Waals surface area contributed by atoms with E-state index in [1.54, 1.807) is 0 Å². The molecular weight excluding hydrogens is 174 g/mol. The normalized spacial score (nSPS) is 13.2. The van der Waals surface area contributed by atoms with Crippen molar-refractivity contribution in [2.75, 3.05) is 0 Å². The van der Waals surface area contributed by atoms with Crippen LogP contribution in [0.5, 0.6) is 0 Å². The van der Waals surface area contributed by atoms with Gasteiger partial charge in [0.25, 0.3) is 0 Å². The van der Waals surface area contributed by atoms with E-state index in [0.29, 0.717) is 5.92 Å². The summed E-state index contributed by atoms with van der Waals surface area (Å²) in [5.74, 6) is 0.634. The quantitative estimate of drug-likeness (QED) is 0.797. The Kier molecular flexibility index (Phi) is 4.08. The molecule has 0 radical (unpaired) electrons. The van der Waals surface area contributed by atoms with E-state index in [4.69, 9.17) is 0 Å². The van der Waals surface area contributed by atoms with Crippen molar-refractivity contribution >= 4 is 0 Å². The molecule has 0 aliphatic heterocycles. The van der Waals surface area contributed by atoms with E-state index in [2.05, 4.69) is 18.8 Å². The standard InChI is InChI=1S/C12H19NO/c1-9(2)7-8-12(14)11-6-4-5-10(3)13-11/h4-6,9,12,14H,7-8H2,1-3H3. The van der Waals surface area contributed by atoms with Crippen LogP contribution in [0.15, 0.2) is 18.2 Å².